The summed E-state index contributed by atoms with van der Waals surface area (Å²) in [5.41, 5.74) is 1.10. The van der Waals surface area contributed by atoms with E-state index < -0.39 is 0 Å². The predicted molar refractivity (Wildman–Crippen MR) is 140 cm³/mol. The largest absolute Gasteiger partial charge is 0.379 e. The normalized spacial score (nSPS) is 17.3. The molecule has 2 heterocycles. The monoisotopic (exact) mass is 497 g/mol. The number of ether oxygens (including phenoxy) is 1. The number of rotatable bonds is 10. The zero-order valence-electron chi connectivity index (χ0n) is 21.0. The summed E-state index contributed by atoms with van der Waals surface area (Å²) < 4.78 is 5.48. The molecule has 2 aliphatic rings. The highest BCUT2D eigenvalue weighted by molar-refractivity contribution is 7.11. The van der Waals surface area contributed by atoms with Gasteiger partial charge in [-0.1, -0.05) is 49.6 Å². The number of benzene rings is 1. The highest BCUT2D eigenvalue weighted by Crippen LogP contribution is 2.26. The van der Waals surface area contributed by atoms with Crippen molar-refractivity contribution in [3.63, 3.8) is 0 Å². The standard InChI is InChI=1S/C28H39N3O3S/c1-23-12-13-26(35-23)21-31(20-24-8-4-2-5-9-24)27(32)22-30(15-14-29-16-18-34-19-17-29)28(33)25-10-6-3-7-11-25/h2,4-5,8-9,12-13,25H,3,6-7,10-11,14-22H2,1H3. The summed E-state index contributed by atoms with van der Waals surface area (Å²) in [5, 5.41) is 0. The number of hydrogen-bond acceptors (Lipinski definition) is 5. The molecule has 1 aliphatic carbocycles. The summed E-state index contributed by atoms with van der Waals surface area (Å²) in [7, 11) is 0. The molecular weight excluding hydrogens is 458 g/mol. The molecule has 4 rings (SSSR count). The number of morpholine rings is 1. The molecule has 190 valence electrons. The minimum Gasteiger partial charge on any atom is -0.379 e. The van der Waals surface area contributed by atoms with E-state index in [9.17, 15) is 9.59 Å². The van der Waals surface area contributed by atoms with Crippen molar-refractivity contribution in [3.8, 4) is 0 Å². The van der Waals surface area contributed by atoms with Crippen LogP contribution in [0.25, 0.3) is 0 Å². The van der Waals surface area contributed by atoms with Crippen LogP contribution in [0, 0.1) is 12.8 Å². The molecule has 0 atom stereocenters. The van der Waals surface area contributed by atoms with Gasteiger partial charge in [0.2, 0.25) is 11.8 Å². The van der Waals surface area contributed by atoms with Crippen LogP contribution in [-0.4, -0.2) is 72.5 Å². The van der Waals surface area contributed by atoms with Crippen molar-refractivity contribution >= 4 is 23.2 Å². The molecule has 0 radical (unpaired) electrons. The van der Waals surface area contributed by atoms with Crippen molar-refractivity contribution in [2.75, 3.05) is 45.9 Å². The van der Waals surface area contributed by atoms with E-state index in [1.54, 1.807) is 11.3 Å². The summed E-state index contributed by atoms with van der Waals surface area (Å²) in [6.07, 6.45) is 5.33. The quantitative estimate of drug-likeness (QED) is 0.490. The molecule has 35 heavy (non-hydrogen) atoms. The average molecular weight is 498 g/mol. The number of amides is 2. The minimum atomic E-state index is 0.0195. The van der Waals surface area contributed by atoms with Gasteiger partial charge in [0.05, 0.1) is 26.3 Å². The first-order chi connectivity index (χ1) is 17.1. The third-order valence-corrected chi connectivity index (χ3v) is 8.08. The number of aryl methyl sites for hydroxylation is 1. The average Bonchev–Trinajstić information content (AvgIpc) is 3.31. The van der Waals surface area contributed by atoms with Crippen LogP contribution in [0.3, 0.4) is 0 Å². The maximum Gasteiger partial charge on any atom is 0.242 e. The van der Waals surface area contributed by atoms with Crippen LogP contribution >= 0.6 is 11.3 Å². The Morgan fingerprint density at radius 1 is 0.971 bits per heavy atom. The second-order valence-corrected chi connectivity index (χ2v) is 11.2. The second kappa shape index (κ2) is 13.2. The Hall–Kier alpha value is -2.22. The Morgan fingerprint density at radius 3 is 2.40 bits per heavy atom. The van der Waals surface area contributed by atoms with Crippen molar-refractivity contribution in [1.29, 1.82) is 0 Å². The SMILES string of the molecule is Cc1ccc(CN(Cc2ccccc2)C(=O)CN(CCN2CCOCC2)C(=O)C2CCCCC2)s1. The Kier molecular flexibility index (Phi) is 9.74. The molecule has 7 heteroatoms. The van der Waals surface area contributed by atoms with E-state index in [0.717, 1.165) is 64.1 Å². The highest BCUT2D eigenvalue weighted by atomic mass is 32.1. The van der Waals surface area contributed by atoms with Crippen molar-refractivity contribution in [3.05, 3.63) is 57.8 Å². The van der Waals surface area contributed by atoms with Crippen molar-refractivity contribution in [2.45, 2.75) is 52.1 Å². The molecule has 1 aromatic heterocycles. The van der Waals surface area contributed by atoms with Crippen LogP contribution in [-0.2, 0) is 27.4 Å². The van der Waals surface area contributed by atoms with Crippen LogP contribution in [0.15, 0.2) is 42.5 Å². The summed E-state index contributed by atoms with van der Waals surface area (Å²) in [6, 6.07) is 14.3. The number of carbonyl (C=O) groups excluding carboxylic acids is 2. The van der Waals surface area contributed by atoms with Gasteiger partial charge < -0.3 is 14.5 Å². The van der Waals surface area contributed by atoms with Gasteiger partial charge in [0, 0.05) is 48.4 Å². The lowest BCUT2D eigenvalue weighted by Crippen LogP contribution is -2.48. The van der Waals surface area contributed by atoms with Crippen molar-refractivity contribution < 1.29 is 14.3 Å². The summed E-state index contributed by atoms with van der Waals surface area (Å²) in [5.74, 6) is 0.243. The molecule has 6 nitrogen and oxygen atoms in total. The van der Waals surface area contributed by atoms with E-state index in [1.807, 2.05) is 28.0 Å². The molecule has 1 aromatic carbocycles. The zero-order chi connectivity index (χ0) is 24.5. The van der Waals surface area contributed by atoms with Gasteiger partial charge in [0.15, 0.2) is 0 Å². The molecule has 0 N–H and O–H groups in total. The fraction of sp³-hybridized carbons (Fsp3) is 0.571. The summed E-state index contributed by atoms with van der Waals surface area (Å²) >= 11 is 1.73. The third-order valence-electron chi connectivity index (χ3n) is 7.09. The molecule has 0 unspecified atom stereocenters. The lowest BCUT2D eigenvalue weighted by Gasteiger charge is -2.33. The van der Waals surface area contributed by atoms with Gasteiger partial charge in [-0.2, -0.15) is 0 Å². The van der Waals surface area contributed by atoms with Crippen LogP contribution in [0.2, 0.25) is 0 Å². The topological polar surface area (TPSA) is 53.1 Å². The Labute approximate surface area is 213 Å². The van der Waals surface area contributed by atoms with Crippen LogP contribution in [0.5, 0.6) is 0 Å². The molecule has 2 fully saturated rings. The fourth-order valence-corrected chi connectivity index (χ4v) is 5.93. The smallest absolute Gasteiger partial charge is 0.242 e. The van der Waals surface area contributed by atoms with Gasteiger partial charge in [-0.15, -0.1) is 11.3 Å². The Bertz CT molecular complexity index is 936. The van der Waals surface area contributed by atoms with Crippen molar-refractivity contribution in [2.24, 2.45) is 5.92 Å². The number of nitrogens with zero attached hydrogens (tertiary/aromatic N) is 3. The van der Waals surface area contributed by atoms with E-state index in [-0.39, 0.29) is 24.3 Å². The Balaban J connectivity index is 1.47. The predicted octanol–water partition coefficient (Wildman–Crippen LogP) is 4.33. The molecule has 1 saturated heterocycles. The van der Waals surface area contributed by atoms with Gasteiger partial charge in [0.1, 0.15) is 0 Å². The first-order valence-corrected chi connectivity index (χ1v) is 13.9. The molecule has 0 bridgehead atoms. The molecule has 2 amide bonds. The first kappa shape index (κ1) is 25.9. The van der Waals surface area contributed by atoms with E-state index >= 15 is 0 Å². The molecule has 2 aromatic rings. The Morgan fingerprint density at radius 2 is 1.71 bits per heavy atom. The van der Waals surface area contributed by atoms with Gasteiger partial charge in [-0.3, -0.25) is 14.5 Å². The minimum absolute atomic E-state index is 0.0195. The summed E-state index contributed by atoms with van der Waals surface area (Å²) in [4.78, 5) is 35.8. The zero-order valence-corrected chi connectivity index (χ0v) is 21.8. The van der Waals surface area contributed by atoms with E-state index in [0.29, 0.717) is 19.6 Å². The number of thiophene rings is 1. The number of carbonyl (C=O) groups is 2. The van der Waals surface area contributed by atoms with Crippen LogP contribution in [0.4, 0.5) is 0 Å². The third kappa shape index (κ3) is 7.89. The maximum absolute atomic E-state index is 13.7. The fourth-order valence-electron chi connectivity index (χ4n) is 5.02. The van der Waals surface area contributed by atoms with E-state index in [4.69, 9.17) is 4.74 Å². The van der Waals surface area contributed by atoms with Crippen molar-refractivity contribution in [1.82, 2.24) is 14.7 Å². The van der Waals surface area contributed by atoms with E-state index in [1.165, 1.54) is 16.2 Å². The first-order valence-electron chi connectivity index (χ1n) is 13.0. The van der Waals surface area contributed by atoms with Crippen LogP contribution in [0.1, 0.15) is 47.4 Å². The van der Waals surface area contributed by atoms with E-state index in [2.05, 4.69) is 36.1 Å². The molecule has 1 aliphatic heterocycles. The van der Waals surface area contributed by atoms with Gasteiger partial charge in [-0.05, 0) is 37.5 Å². The summed E-state index contributed by atoms with van der Waals surface area (Å²) in [6.45, 7) is 7.99. The van der Waals surface area contributed by atoms with Gasteiger partial charge >= 0.3 is 0 Å². The van der Waals surface area contributed by atoms with Gasteiger partial charge in [0.25, 0.3) is 0 Å². The second-order valence-electron chi connectivity index (χ2n) is 9.80. The molecule has 0 spiro atoms. The molecular formula is C28H39N3O3S. The maximum atomic E-state index is 13.7. The molecule has 1 saturated carbocycles. The van der Waals surface area contributed by atoms with Gasteiger partial charge in [-0.25, -0.2) is 0 Å². The highest BCUT2D eigenvalue weighted by Gasteiger charge is 2.29. The number of hydrogen-bond donors (Lipinski definition) is 0. The lowest BCUT2D eigenvalue weighted by molar-refractivity contribution is -0.144. The van der Waals surface area contributed by atoms with Crippen LogP contribution < -0.4 is 0 Å². The lowest BCUT2D eigenvalue weighted by atomic mass is 9.88.